The van der Waals surface area contributed by atoms with Gasteiger partial charge in [0, 0.05) is 11.6 Å². The molecule has 0 aliphatic rings. The zero-order valence-corrected chi connectivity index (χ0v) is 16.4. The Morgan fingerprint density at radius 1 is 0.897 bits per heavy atom. The van der Waals surface area contributed by atoms with Gasteiger partial charge < -0.3 is 19.8 Å². The number of furan rings is 1. The minimum absolute atomic E-state index is 0.487. The van der Waals surface area contributed by atoms with Crippen LogP contribution in [0.25, 0.3) is 11.3 Å². The Bertz CT molecular complexity index is 1060. The maximum Gasteiger partial charge on any atom is 0.219 e. The van der Waals surface area contributed by atoms with Crippen LogP contribution in [-0.2, 0) is 6.54 Å². The minimum Gasteiger partial charge on any atom is -0.459 e. The van der Waals surface area contributed by atoms with Crippen LogP contribution in [0.1, 0.15) is 5.76 Å². The van der Waals surface area contributed by atoms with E-state index < -0.39 is 0 Å². The second-order valence-electron chi connectivity index (χ2n) is 6.24. The molecule has 5 nitrogen and oxygen atoms in total. The van der Waals surface area contributed by atoms with Crippen molar-refractivity contribution < 1.29 is 9.15 Å². The molecule has 0 aliphatic heterocycles. The number of hydrogen-bond donors (Lipinski definition) is 2. The third kappa shape index (κ3) is 5.21. The molecule has 0 atom stereocenters. The molecule has 144 valence electrons. The Kier molecular flexibility index (Phi) is 5.83. The number of thiocarbonyl (C=S) groups is 1. The highest BCUT2D eigenvalue weighted by molar-refractivity contribution is 7.80. The monoisotopic (exact) mass is 401 g/mol. The summed E-state index contributed by atoms with van der Waals surface area (Å²) in [6.07, 6.45) is 1.67. The molecule has 0 amide bonds. The predicted molar refractivity (Wildman–Crippen MR) is 118 cm³/mol. The zero-order chi connectivity index (χ0) is 19.9. The Hall–Kier alpha value is -3.64. The summed E-state index contributed by atoms with van der Waals surface area (Å²) in [7, 11) is 0. The highest BCUT2D eigenvalue weighted by Crippen LogP contribution is 2.22. The molecule has 0 saturated carbocycles. The van der Waals surface area contributed by atoms with Crippen molar-refractivity contribution in [2.75, 3.05) is 5.32 Å². The lowest BCUT2D eigenvalue weighted by atomic mass is 10.2. The van der Waals surface area contributed by atoms with Crippen LogP contribution in [0.15, 0.2) is 95.5 Å². The van der Waals surface area contributed by atoms with E-state index in [1.165, 1.54) is 0 Å². The number of benzene rings is 2. The number of nitrogens with one attached hydrogen (secondary N) is 2. The van der Waals surface area contributed by atoms with Crippen LogP contribution in [0.5, 0.6) is 11.6 Å². The molecule has 2 aromatic carbocycles. The number of ether oxygens (including phenoxy) is 1. The summed E-state index contributed by atoms with van der Waals surface area (Å²) in [4.78, 5) is 4.29. The van der Waals surface area contributed by atoms with Crippen LogP contribution < -0.4 is 15.4 Å². The average Bonchev–Trinajstić information content (AvgIpc) is 3.24. The van der Waals surface area contributed by atoms with Crippen molar-refractivity contribution in [2.45, 2.75) is 6.54 Å². The molecule has 0 bridgehead atoms. The standard InChI is InChI=1S/C23H19N3O2S/c29-23(25-16-20-12-13-21(27-20)17-7-3-1-4-8-17)26-18-11-14-22(24-15-18)28-19-9-5-2-6-10-19/h1-15H,16H2,(H2,25,26,29). The van der Waals surface area contributed by atoms with Crippen molar-refractivity contribution in [1.29, 1.82) is 0 Å². The summed E-state index contributed by atoms with van der Waals surface area (Å²) < 4.78 is 11.5. The van der Waals surface area contributed by atoms with E-state index in [1.54, 1.807) is 12.3 Å². The minimum atomic E-state index is 0.487. The van der Waals surface area contributed by atoms with Crippen molar-refractivity contribution in [3.8, 4) is 23.0 Å². The quantitative estimate of drug-likeness (QED) is 0.409. The SMILES string of the molecule is S=C(NCc1ccc(-c2ccccc2)o1)Nc1ccc(Oc2ccccc2)nc1. The number of rotatable bonds is 6. The summed E-state index contributed by atoms with van der Waals surface area (Å²) in [6, 6.07) is 27.0. The molecule has 0 radical (unpaired) electrons. The molecule has 2 aromatic heterocycles. The Morgan fingerprint density at radius 2 is 1.66 bits per heavy atom. The smallest absolute Gasteiger partial charge is 0.219 e. The fourth-order valence-corrected chi connectivity index (χ4v) is 2.89. The molecule has 2 N–H and O–H groups in total. The van der Waals surface area contributed by atoms with Gasteiger partial charge in [-0.15, -0.1) is 0 Å². The summed E-state index contributed by atoms with van der Waals surface area (Å²) in [5, 5.41) is 6.72. The summed E-state index contributed by atoms with van der Waals surface area (Å²) in [6.45, 7) is 0.487. The van der Waals surface area contributed by atoms with Crippen LogP contribution in [0.3, 0.4) is 0 Å². The lowest BCUT2D eigenvalue weighted by Crippen LogP contribution is -2.27. The number of hydrogen-bond acceptors (Lipinski definition) is 4. The third-order valence-corrected chi connectivity index (χ3v) is 4.35. The van der Waals surface area contributed by atoms with Gasteiger partial charge in [0.05, 0.1) is 18.4 Å². The first-order valence-electron chi connectivity index (χ1n) is 9.14. The summed E-state index contributed by atoms with van der Waals surface area (Å²) in [5.41, 5.74) is 1.82. The maximum absolute atomic E-state index is 5.86. The van der Waals surface area contributed by atoms with Gasteiger partial charge in [0.25, 0.3) is 0 Å². The van der Waals surface area contributed by atoms with Crippen molar-refractivity contribution >= 4 is 23.0 Å². The van der Waals surface area contributed by atoms with Gasteiger partial charge >= 0.3 is 0 Å². The van der Waals surface area contributed by atoms with Gasteiger partial charge in [0.2, 0.25) is 5.88 Å². The van der Waals surface area contributed by atoms with E-state index in [4.69, 9.17) is 21.4 Å². The van der Waals surface area contributed by atoms with Crippen molar-refractivity contribution in [2.24, 2.45) is 0 Å². The molecule has 0 aliphatic carbocycles. The van der Waals surface area contributed by atoms with Crippen LogP contribution in [0.4, 0.5) is 5.69 Å². The van der Waals surface area contributed by atoms with Gasteiger partial charge in [0.15, 0.2) is 5.11 Å². The largest absolute Gasteiger partial charge is 0.459 e. The van der Waals surface area contributed by atoms with Gasteiger partial charge in [-0.1, -0.05) is 48.5 Å². The number of anilines is 1. The number of para-hydroxylation sites is 1. The van der Waals surface area contributed by atoms with Crippen LogP contribution in [0, 0.1) is 0 Å². The Morgan fingerprint density at radius 3 is 2.38 bits per heavy atom. The number of nitrogens with zero attached hydrogens (tertiary/aromatic N) is 1. The van der Waals surface area contributed by atoms with Crippen LogP contribution in [-0.4, -0.2) is 10.1 Å². The molecule has 0 spiro atoms. The lowest BCUT2D eigenvalue weighted by Gasteiger charge is -2.10. The first kappa shape index (κ1) is 18.7. The Balaban J connectivity index is 1.28. The highest BCUT2D eigenvalue weighted by atomic mass is 32.1. The molecule has 29 heavy (non-hydrogen) atoms. The van der Waals surface area contributed by atoms with E-state index in [2.05, 4.69) is 15.6 Å². The van der Waals surface area contributed by atoms with Gasteiger partial charge in [0.1, 0.15) is 17.3 Å². The van der Waals surface area contributed by atoms with Gasteiger partial charge in [-0.05, 0) is 42.5 Å². The van der Waals surface area contributed by atoms with E-state index in [-0.39, 0.29) is 0 Å². The summed E-state index contributed by atoms with van der Waals surface area (Å²) >= 11 is 5.35. The maximum atomic E-state index is 5.86. The molecule has 4 rings (SSSR count). The topological polar surface area (TPSA) is 59.3 Å². The Labute approximate surface area is 174 Å². The molecular formula is C23H19N3O2S. The zero-order valence-electron chi connectivity index (χ0n) is 15.5. The fraction of sp³-hybridized carbons (Fsp3) is 0.0435. The number of aromatic nitrogens is 1. The first-order chi connectivity index (χ1) is 14.3. The van der Waals surface area contributed by atoms with Crippen molar-refractivity contribution in [1.82, 2.24) is 10.3 Å². The highest BCUT2D eigenvalue weighted by Gasteiger charge is 2.06. The van der Waals surface area contributed by atoms with E-state index in [0.29, 0.717) is 17.5 Å². The van der Waals surface area contributed by atoms with Crippen molar-refractivity contribution in [3.63, 3.8) is 0 Å². The van der Waals surface area contributed by atoms with E-state index in [0.717, 1.165) is 28.5 Å². The van der Waals surface area contributed by atoms with E-state index in [1.807, 2.05) is 78.9 Å². The van der Waals surface area contributed by atoms with Crippen molar-refractivity contribution in [3.05, 3.63) is 96.9 Å². The number of pyridine rings is 1. The van der Waals surface area contributed by atoms with Gasteiger partial charge in [-0.25, -0.2) is 4.98 Å². The predicted octanol–water partition coefficient (Wildman–Crippen LogP) is 5.62. The molecular weight excluding hydrogens is 382 g/mol. The van der Waals surface area contributed by atoms with Gasteiger partial charge in [-0.2, -0.15) is 0 Å². The average molecular weight is 401 g/mol. The van der Waals surface area contributed by atoms with Gasteiger partial charge in [-0.3, -0.25) is 0 Å². The molecule has 0 fully saturated rings. The first-order valence-corrected chi connectivity index (χ1v) is 9.55. The lowest BCUT2D eigenvalue weighted by molar-refractivity contribution is 0.463. The van der Waals surface area contributed by atoms with Crippen LogP contribution >= 0.6 is 12.2 Å². The third-order valence-electron chi connectivity index (χ3n) is 4.10. The second kappa shape index (κ2) is 9.03. The second-order valence-corrected chi connectivity index (χ2v) is 6.65. The fourth-order valence-electron chi connectivity index (χ4n) is 2.70. The molecule has 6 heteroatoms. The molecule has 4 aromatic rings. The molecule has 0 unspecified atom stereocenters. The van der Waals surface area contributed by atoms with E-state index >= 15 is 0 Å². The molecule has 0 saturated heterocycles. The van der Waals surface area contributed by atoms with E-state index in [9.17, 15) is 0 Å². The molecule has 2 heterocycles. The van der Waals surface area contributed by atoms with Crippen LogP contribution in [0.2, 0.25) is 0 Å². The normalized spacial score (nSPS) is 10.3. The summed E-state index contributed by atoms with van der Waals surface area (Å²) in [5.74, 6) is 2.90.